The quantitative estimate of drug-likeness (QED) is 0.489. The van der Waals surface area contributed by atoms with Crippen molar-refractivity contribution in [1.29, 1.82) is 0 Å². The lowest BCUT2D eigenvalue weighted by molar-refractivity contribution is 0.598. The second-order valence-corrected chi connectivity index (χ2v) is 6.54. The van der Waals surface area contributed by atoms with Crippen molar-refractivity contribution in [3.63, 3.8) is 0 Å². The van der Waals surface area contributed by atoms with E-state index >= 15 is 0 Å². The predicted octanol–water partition coefficient (Wildman–Crippen LogP) is 4.41. The Morgan fingerprint density at radius 1 is 0.893 bits per heavy atom. The molecule has 0 atom stereocenters. The summed E-state index contributed by atoms with van der Waals surface area (Å²) >= 11 is 0. The fraction of sp³-hybridized carbons (Fsp3) is 0.130. The van der Waals surface area contributed by atoms with Gasteiger partial charge in [0.05, 0.1) is 11.4 Å². The number of nitrogens with zero attached hydrogens (tertiary/aromatic N) is 3. The number of para-hydroxylation sites is 1. The summed E-state index contributed by atoms with van der Waals surface area (Å²) in [5.74, 6) is -0.155. The molecule has 0 bridgehead atoms. The van der Waals surface area contributed by atoms with Gasteiger partial charge < -0.3 is 5.32 Å². The van der Waals surface area contributed by atoms with Gasteiger partial charge in [-0.25, -0.2) is 9.07 Å². The summed E-state index contributed by atoms with van der Waals surface area (Å²) in [5, 5.41) is 8.19. The van der Waals surface area contributed by atoms with E-state index in [9.17, 15) is 4.39 Å². The molecule has 2 heterocycles. The van der Waals surface area contributed by atoms with Crippen molar-refractivity contribution in [3.8, 4) is 16.9 Å². The maximum Gasteiger partial charge on any atom is 0.126 e. The van der Waals surface area contributed by atoms with Crippen LogP contribution in [0.15, 0.2) is 85.3 Å². The third kappa shape index (κ3) is 4.15. The van der Waals surface area contributed by atoms with Gasteiger partial charge >= 0.3 is 0 Å². The molecule has 0 aliphatic heterocycles. The number of aromatic nitrogens is 3. The van der Waals surface area contributed by atoms with Gasteiger partial charge in [-0.2, -0.15) is 5.10 Å². The first kappa shape index (κ1) is 18.1. The van der Waals surface area contributed by atoms with Gasteiger partial charge in [0.25, 0.3) is 0 Å². The van der Waals surface area contributed by atoms with Crippen LogP contribution < -0.4 is 5.32 Å². The molecule has 0 amide bonds. The minimum atomic E-state index is -0.155. The summed E-state index contributed by atoms with van der Waals surface area (Å²) in [5.41, 5.74) is 4.68. The summed E-state index contributed by atoms with van der Waals surface area (Å²) < 4.78 is 15.7. The smallest absolute Gasteiger partial charge is 0.126 e. The molecule has 28 heavy (non-hydrogen) atoms. The molecule has 4 aromatic rings. The van der Waals surface area contributed by atoms with Crippen molar-refractivity contribution in [3.05, 3.63) is 102 Å². The Bertz CT molecular complexity index is 1030. The zero-order valence-electron chi connectivity index (χ0n) is 15.4. The molecule has 5 heteroatoms. The van der Waals surface area contributed by atoms with Gasteiger partial charge in [0.1, 0.15) is 5.82 Å². The van der Waals surface area contributed by atoms with Crippen LogP contribution in [0, 0.1) is 5.82 Å². The highest BCUT2D eigenvalue weighted by atomic mass is 19.1. The van der Waals surface area contributed by atoms with Gasteiger partial charge in [0.15, 0.2) is 0 Å². The number of benzene rings is 2. The number of hydrogen-bond donors (Lipinski definition) is 1. The van der Waals surface area contributed by atoms with Gasteiger partial charge in [-0.1, -0.05) is 36.4 Å². The van der Waals surface area contributed by atoms with Crippen molar-refractivity contribution in [2.45, 2.75) is 13.0 Å². The summed E-state index contributed by atoms with van der Waals surface area (Å²) in [4.78, 5) is 4.22. The molecule has 0 aliphatic rings. The molecule has 2 aromatic carbocycles. The lowest BCUT2D eigenvalue weighted by atomic mass is 10.1. The standard InChI is InChI=1S/C23H21FN4/c24-22-11-5-4-7-18(22)12-14-26-16-20-17-28(21-9-2-1-3-10-21)27-23(20)19-8-6-13-25-15-19/h1-11,13,15,17,26H,12,14,16H2. The highest BCUT2D eigenvalue weighted by Crippen LogP contribution is 2.23. The lowest BCUT2D eigenvalue weighted by Crippen LogP contribution is -2.17. The number of nitrogens with one attached hydrogen (secondary N) is 1. The topological polar surface area (TPSA) is 42.7 Å². The van der Waals surface area contributed by atoms with E-state index in [2.05, 4.69) is 10.3 Å². The zero-order chi connectivity index (χ0) is 19.2. The monoisotopic (exact) mass is 372 g/mol. The molecule has 0 radical (unpaired) electrons. The normalized spacial score (nSPS) is 10.9. The Balaban J connectivity index is 1.52. The van der Waals surface area contributed by atoms with E-state index < -0.39 is 0 Å². The highest BCUT2D eigenvalue weighted by Gasteiger charge is 2.12. The van der Waals surface area contributed by atoms with E-state index in [1.54, 1.807) is 12.3 Å². The molecule has 0 unspecified atom stereocenters. The van der Waals surface area contributed by atoms with Crippen molar-refractivity contribution in [2.24, 2.45) is 0 Å². The maximum atomic E-state index is 13.8. The Hall–Kier alpha value is -3.31. The van der Waals surface area contributed by atoms with Crippen LogP contribution >= 0.6 is 0 Å². The summed E-state index contributed by atoms with van der Waals surface area (Å²) in [6.45, 7) is 1.33. The minimum absolute atomic E-state index is 0.155. The van der Waals surface area contributed by atoms with Crippen LogP contribution in [0.2, 0.25) is 0 Å². The largest absolute Gasteiger partial charge is 0.312 e. The molecule has 4 rings (SSSR count). The number of rotatable bonds is 7. The lowest BCUT2D eigenvalue weighted by Gasteiger charge is -2.06. The first-order valence-electron chi connectivity index (χ1n) is 9.30. The third-order valence-corrected chi connectivity index (χ3v) is 4.59. The molecule has 140 valence electrons. The molecule has 0 fully saturated rings. The molecular weight excluding hydrogens is 351 g/mol. The van der Waals surface area contributed by atoms with Gasteiger partial charge in [-0.05, 0) is 48.9 Å². The number of hydrogen-bond acceptors (Lipinski definition) is 3. The zero-order valence-corrected chi connectivity index (χ0v) is 15.4. The Labute approximate surface area is 163 Å². The Kier molecular flexibility index (Phi) is 5.54. The third-order valence-electron chi connectivity index (χ3n) is 4.59. The molecule has 0 saturated carbocycles. The molecular formula is C23H21FN4. The van der Waals surface area contributed by atoms with Crippen molar-refractivity contribution < 1.29 is 4.39 Å². The second-order valence-electron chi connectivity index (χ2n) is 6.54. The van der Waals surface area contributed by atoms with Crippen LogP contribution in [-0.2, 0) is 13.0 Å². The van der Waals surface area contributed by atoms with Crippen LogP contribution in [0.5, 0.6) is 0 Å². The van der Waals surface area contributed by atoms with Crippen LogP contribution in [-0.4, -0.2) is 21.3 Å². The Morgan fingerprint density at radius 3 is 2.50 bits per heavy atom. The predicted molar refractivity (Wildman–Crippen MR) is 109 cm³/mol. The van der Waals surface area contributed by atoms with E-state index in [-0.39, 0.29) is 5.82 Å². The van der Waals surface area contributed by atoms with E-state index in [1.807, 2.05) is 71.7 Å². The average molecular weight is 372 g/mol. The molecule has 2 aromatic heterocycles. The van der Waals surface area contributed by atoms with Crippen molar-refractivity contribution >= 4 is 0 Å². The fourth-order valence-electron chi connectivity index (χ4n) is 3.15. The summed E-state index contributed by atoms with van der Waals surface area (Å²) in [6.07, 6.45) is 6.25. The van der Waals surface area contributed by atoms with Gasteiger partial charge in [-0.15, -0.1) is 0 Å². The van der Waals surface area contributed by atoms with Crippen LogP contribution in [0.25, 0.3) is 16.9 Å². The van der Waals surface area contributed by atoms with Crippen LogP contribution in [0.1, 0.15) is 11.1 Å². The SMILES string of the molecule is Fc1ccccc1CCNCc1cn(-c2ccccc2)nc1-c1cccnc1. The van der Waals surface area contributed by atoms with E-state index in [4.69, 9.17) is 5.10 Å². The number of pyridine rings is 1. The second kappa shape index (κ2) is 8.59. The van der Waals surface area contributed by atoms with Crippen LogP contribution in [0.4, 0.5) is 4.39 Å². The summed E-state index contributed by atoms with van der Waals surface area (Å²) in [7, 11) is 0. The molecule has 0 aliphatic carbocycles. The molecule has 4 nitrogen and oxygen atoms in total. The number of halogens is 1. The van der Waals surface area contributed by atoms with Gasteiger partial charge in [0, 0.05) is 36.3 Å². The van der Waals surface area contributed by atoms with Gasteiger partial charge in [0.2, 0.25) is 0 Å². The van der Waals surface area contributed by atoms with Crippen LogP contribution in [0.3, 0.4) is 0 Å². The maximum absolute atomic E-state index is 13.8. The molecule has 0 saturated heterocycles. The minimum Gasteiger partial charge on any atom is -0.312 e. The average Bonchev–Trinajstić information content (AvgIpc) is 3.18. The van der Waals surface area contributed by atoms with E-state index in [0.717, 1.165) is 28.1 Å². The first-order valence-corrected chi connectivity index (χ1v) is 9.30. The summed E-state index contributed by atoms with van der Waals surface area (Å²) in [6, 6.07) is 20.8. The van der Waals surface area contributed by atoms with Crippen molar-refractivity contribution in [2.75, 3.05) is 6.54 Å². The first-order chi connectivity index (χ1) is 13.8. The highest BCUT2D eigenvalue weighted by molar-refractivity contribution is 5.62. The fourth-order valence-corrected chi connectivity index (χ4v) is 3.15. The van der Waals surface area contributed by atoms with E-state index in [0.29, 0.717) is 19.5 Å². The van der Waals surface area contributed by atoms with Crippen molar-refractivity contribution in [1.82, 2.24) is 20.1 Å². The van der Waals surface area contributed by atoms with Gasteiger partial charge in [-0.3, -0.25) is 4.98 Å². The molecule has 0 spiro atoms. The Morgan fingerprint density at radius 2 is 1.71 bits per heavy atom. The molecule has 1 N–H and O–H groups in total. The van der Waals surface area contributed by atoms with E-state index in [1.165, 1.54) is 6.07 Å².